The fourth-order valence-electron chi connectivity index (χ4n) is 2.85. The molecule has 140 valence electrons. The van der Waals surface area contributed by atoms with Crippen LogP contribution in [0.4, 0.5) is 5.69 Å². The molecule has 0 unspecified atom stereocenters. The van der Waals surface area contributed by atoms with Gasteiger partial charge in [0.05, 0.1) is 17.7 Å². The number of amides is 1. The standard InChI is InChI=1S/C21H22N2O3S/c1-4-14-9-6-7-11-16(14)22-21-23(5-2)20(25)18(27-21)13-15-10-8-12-17(26-3)19(15)24/h6-13,24H,4-5H2,1-3H3/b18-13+,22-21?. The quantitative estimate of drug-likeness (QED) is 0.769. The number of carbonyl (C=O) groups excluding carboxylic acids is 1. The molecule has 1 aliphatic rings. The second kappa shape index (κ2) is 8.31. The van der Waals surface area contributed by atoms with Gasteiger partial charge in [-0.05, 0) is 48.9 Å². The fourth-order valence-corrected chi connectivity index (χ4v) is 3.90. The zero-order valence-corrected chi connectivity index (χ0v) is 16.4. The minimum absolute atomic E-state index is 0.0191. The van der Waals surface area contributed by atoms with Crippen molar-refractivity contribution in [2.24, 2.45) is 4.99 Å². The van der Waals surface area contributed by atoms with Crippen LogP contribution in [0.1, 0.15) is 25.0 Å². The summed E-state index contributed by atoms with van der Waals surface area (Å²) < 4.78 is 5.14. The lowest BCUT2D eigenvalue weighted by Crippen LogP contribution is -2.28. The normalized spacial score (nSPS) is 17.1. The summed E-state index contributed by atoms with van der Waals surface area (Å²) >= 11 is 1.32. The molecule has 1 heterocycles. The third kappa shape index (κ3) is 3.85. The van der Waals surface area contributed by atoms with E-state index in [0.29, 0.717) is 27.9 Å². The summed E-state index contributed by atoms with van der Waals surface area (Å²) in [7, 11) is 1.50. The van der Waals surface area contributed by atoms with E-state index in [2.05, 4.69) is 6.92 Å². The SMILES string of the molecule is CCc1ccccc1N=C1S/C(=C/c2cccc(OC)c2O)C(=O)N1CC. The summed E-state index contributed by atoms with van der Waals surface area (Å²) in [6.07, 6.45) is 2.56. The molecule has 0 aromatic heterocycles. The topological polar surface area (TPSA) is 62.1 Å². The molecule has 0 radical (unpaired) electrons. The van der Waals surface area contributed by atoms with Gasteiger partial charge in [-0.3, -0.25) is 9.69 Å². The van der Waals surface area contributed by atoms with E-state index < -0.39 is 0 Å². The van der Waals surface area contributed by atoms with E-state index in [4.69, 9.17) is 9.73 Å². The number of aryl methyl sites for hydroxylation is 1. The van der Waals surface area contributed by atoms with Crippen LogP contribution in [-0.2, 0) is 11.2 Å². The van der Waals surface area contributed by atoms with Gasteiger partial charge < -0.3 is 9.84 Å². The van der Waals surface area contributed by atoms with Crippen LogP contribution in [0.2, 0.25) is 0 Å². The number of amidine groups is 1. The number of para-hydroxylation sites is 2. The van der Waals surface area contributed by atoms with E-state index in [1.807, 2.05) is 31.2 Å². The third-order valence-corrected chi connectivity index (χ3v) is 5.34. The highest BCUT2D eigenvalue weighted by molar-refractivity contribution is 8.18. The van der Waals surface area contributed by atoms with Crippen LogP contribution in [0.15, 0.2) is 52.4 Å². The van der Waals surface area contributed by atoms with Crippen LogP contribution in [0.25, 0.3) is 6.08 Å². The van der Waals surface area contributed by atoms with Gasteiger partial charge in [0.25, 0.3) is 5.91 Å². The Morgan fingerprint density at radius 1 is 1.19 bits per heavy atom. The minimum Gasteiger partial charge on any atom is -0.504 e. The second-order valence-electron chi connectivity index (χ2n) is 5.93. The summed E-state index contributed by atoms with van der Waals surface area (Å²) in [5.41, 5.74) is 2.55. The van der Waals surface area contributed by atoms with E-state index >= 15 is 0 Å². The van der Waals surface area contributed by atoms with Gasteiger partial charge in [-0.15, -0.1) is 0 Å². The van der Waals surface area contributed by atoms with Crippen molar-refractivity contribution in [3.63, 3.8) is 0 Å². The maximum absolute atomic E-state index is 12.8. The van der Waals surface area contributed by atoms with E-state index in [0.717, 1.165) is 17.7 Å². The number of phenols is 1. The van der Waals surface area contributed by atoms with Gasteiger partial charge in [0.2, 0.25) is 0 Å². The maximum atomic E-state index is 12.8. The Hall–Kier alpha value is -2.73. The number of benzene rings is 2. The van der Waals surface area contributed by atoms with E-state index in [9.17, 15) is 9.90 Å². The molecule has 27 heavy (non-hydrogen) atoms. The molecule has 1 fully saturated rings. The van der Waals surface area contributed by atoms with Crippen LogP contribution >= 0.6 is 11.8 Å². The monoisotopic (exact) mass is 382 g/mol. The highest BCUT2D eigenvalue weighted by atomic mass is 32.2. The molecule has 1 amide bonds. The lowest BCUT2D eigenvalue weighted by Gasteiger charge is -2.13. The molecule has 0 bridgehead atoms. The van der Waals surface area contributed by atoms with Gasteiger partial charge in [-0.2, -0.15) is 0 Å². The number of hydrogen-bond donors (Lipinski definition) is 1. The van der Waals surface area contributed by atoms with E-state index in [-0.39, 0.29) is 11.7 Å². The van der Waals surface area contributed by atoms with Crippen molar-refractivity contribution in [2.45, 2.75) is 20.3 Å². The molecule has 1 aliphatic heterocycles. The van der Waals surface area contributed by atoms with Gasteiger partial charge >= 0.3 is 0 Å². The Kier molecular flexibility index (Phi) is 5.86. The molecule has 0 aliphatic carbocycles. The molecule has 6 heteroatoms. The molecular weight excluding hydrogens is 360 g/mol. The van der Waals surface area contributed by atoms with Crippen LogP contribution < -0.4 is 4.74 Å². The molecule has 1 saturated heterocycles. The van der Waals surface area contributed by atoms with Crippen molar-refractivity contribution in [1.82, 2.24) is 4.90 Å². The molecule has 2 aromatic rings. The van der Waals surface area contributed by atoms with E-state index in [1.165, 1.54) is 18.9 Å². The Bertz CT molecular complexity index is 921. The smallest absolute Gasteiger partial charge is 0.266 e. The molecular formula is C21H22N2O3S. The van der Waals surface area contributed by atoms with Crippen molar-refractivity contribution in [1.29, 1.82) is 0 Å². The highest BCUT2D eigenvalue weighted by Crippen LogP contribution is 2.37. The lowest BCUT2D eigenvalue weighted by molar-refractivity contribution is -0.122. The van der Waals surface area contributed by atoms with Crippen molar-refractivity contribution in [2.75, 3.05) is 13.7 Å². The number of aliphatic imine (C=N–C) groups is 1. The Balaban J connectivity index is 1.99. The first-order valence-electron chi connectivity index (χ1n) is 8.83. The first-order valence-corrected chi connectivity index (χ1v) is 9.64. The van der Waals surface area contributed by atoms with Crippen LogP contribution in [0.3, 0.4) is 0 Å². The minimum atomic E-state index is -0.113. The number of aromatic hydroxyl groups is 1. The number of thioether (sulfide) groups is 1. The lowest BCUT2D eigenvalue weighted by atomic mass is 10.1. The Morgan fingerprint density at radius 3 is 2.67 bits per heavy atom. The number of methoxy groups -OCH3 is 1. The third-order valence-electron chi connectivity index (χ3n) is 4.33. The summed E-state index contributed by atoms with van der Waals surface area (Å²) in [4.78, 5) is 19.7. The number of nitrogens with zero attached hydrogens (tertiary/aromatic N) is 2. The number of ether oxygens (including phenoxy) is 1. The number of carbonyl (C=O) groups is 1. The zero-order valence-electron chi connectivity index (χ0n) is 15.6. The molecule has 0 saturated carbocycles. The average Bonchev–Trinajstić information content (AvgIpc) is 2.98. The second-order valence-corrected chi connectivity index (χ2v) is 6.94. The Morgan fingerprint density at radius 2 is 1.96 bits per heavy atom. The molecule has 5 nitrogen and oxygen atoms in total. The fraction of sp³-hybridized carbons (Fsp3) is 0.238. The van der Waals surface area contributed by atoms with Gasteiger partial charge in [0.15, 0.2) is 16.7 Å². The predicted octanol–water partition coefficient (Wildman–Crippen LogP) is 4.59. The molecule has 3 rings (SSSR count). The van der Waals surface area contributed by atoms with Crippen LogP contribution in [0, 0.1) is 0 Å². The molecule has 0 atom stereocenters. The summed E-state index contributed by atoms with van der Waals surface area (Å²) in [5, 5.41) is 10.9. The number of phenolic OH excluding ortho intramolecular Hbond substituents is 1. The first-order chi connectivity index (χ1) is 13.1. The molecule has 1 N–H and O–H groups in total. The van der Waals surface area contributed by atoms with Crippen LogP contribution in [-0.4, -0.2) is 34.7 Å². The van der Waals surface area contributed by atoms with Crippen molar-refractivity contribution >= 4 is 34.6 Å². The van der Waals surface area contributed by atoms with Gasteiger partial charge in [0, 0.05) is 12.1 Å². The number of rotatable bonds is 5. The Labute approximate surface area is 163 Å². The largest absolute Gasteiger partial charge is 0.504 e. The first kappa shape index (κ1) is 19.0. The maximum Gasteiger partial charge on any atom is 0.266 e. The number of hydrogen-bond acceptors (Lipinski definition) is 5. The summed E-state index contributed by atoms with van der Waals surface area (Å²) in [6.45, 7) is 4.53. The molecule has 0 spiro atoms. The summed E-state index contributed by atoms with van der Waals surface area (Å²) in [6, 6.07) is 13.1. The van der Waals surface area contributed by atoms with Crippen molar-refractivity contribution < 1.29 is 14.6 Å². The van der Waals surface area contributed by atoms with Crippen LogP contribution in [0.5, 0.6) is 11.5 Å². The van der Waals surface area contributed by atoms with E-state index in [1.54, 1.807) is 29.2 Å². The predicted molar refractivity (Wildman–Crippen MR) is 111 cm³/mol. The van der Waals surface area contributed by atoms with Crippen molar-refractivity contribution in [3.05, 3.63) is 58.5 Å². The molecule has 2 aromatic carbocycles. The van der Waals surface area contributed by atoms with Crippen molar-refractivity contribution in [3.8, 4) is 11.5 Å². The van der Waals surface area contributed by atoms with Gasteiger partial charge in [-0.1, -0.05) is 37.3 Å². The zero-order chi connectivity index (χ0) is 19.4. The summed E-state index contributed by atoms with van der Waals surface area (Å²) in [5.74, 6) is 0.279. The van der Waals surface area contributed by atoms with Gasteiger partial charge in [-0.25, -0.2) is 4.99 Å². The average molecular weight is 382 g/mol. The van der Waals surface area contributed by atoms with Gasteiger partial charge in [0.1, 0.15) is 0 Å². The number of likely N-dealkylation sites (N-methyl/N-ethyl adjacent to an activating group) is 1. The highest BCUT2D eigenvalue weighted by Gasteiger charge is 2.32.